The van der Waals surface area contributed by atoms with Gasteiger partial charge in [-0.1, -0.05) is 52.4 Å². The van der Waals surface area contributed by atoms with Crippen LogP contribution in [0.5, 0.6) is 0 Å². The van der Waals surface area contributed by atoms with E-state index < -0.39 is 0 Å². The third kappa shape index (κ3) is 6.05. The molecule has 1 amide bonds. The van der Waals surface area contributed by atoms with Gasteiger partial charge in [0.15, 0.2) is 0 Å². The number of nitrogens with two attached hydrogens (primary N) is 1. The molecule has 0 heterocycles. The monoisotopic (exact) mass is 276 g/mol. The highest BCUT2D eigenvalue weighted by Crippen LogP contribution is 2.25. The zero-order valence-electron chi connectivity index (χ0n) is 11.8. The number of carbonyl (C=O) groups excluding carboxylic acids is 1. The Kier molecular flexibility index (Phi) is 9.47. The van der Waals surface area contributed by atoms with Gasteiger partial charge >= 0.3 is 0 Å². The van der Waals surface area contributed by atoms with Crippen LogP contribution in [0.1, 0.15) is 58.8 Å². The average molecular weight is 277 g/mol. The second-order valence-corrected chi connectivity index (χ2v) is 5.50. The summed E-state index contributed by atoms with van der Waals surface area (Å²) in [6.07, 6.45) is 8.88. The first kappa shape index (κ1) is 17.7. The first-order valence-corrected chi connectivity index (χ1v) is 7.18. The molecule has 0 aromatic heterocycles. The van der Waals surface area contributed by atoms with Crippen LogP contribution in [-0.2, 0) is 4.79 Å². The van der Waals surface area contributed by atoms with Crippen LogP contribution in [0.4, 0.5) is 0 Å². The quantitative estimate of drug-likeness (QED) is 0.784. The Hall–Kier alpha value is -0.280. The number of hydrogen-bond donors (Lipinski definition) is 2. The van der Waals surface area contributed by atoms with Gasteiger partial charge in [0.1, 0.15) is 0 Å². The maximum atomic E-state index is 11.7. The summed E-state index contributed by atoms with van der Waals surface area (Å²) in [5.41, 5.74) is 5.88. The molecule has 108 valence electrons. The number of halogens is 1. The average Bonchev–Trinajstić information content (AvgIpc) is 2.38. The van der Waals surface area contributed by atoms with Crippen molar-refractivity contribution in [2.45, 2.75) is 64.8 Å². The summed E-state index contributed by atoms with van der Waals surface area (Å²) in [5, 5.41) is 2.98. The van der Waals surface area contributed by atoms with E-state index in [9.17, 15) is 4.79 Å². The van der Waals surface area contributed by atoms with E-state index in [0.717, 1.165) is 25.3 Å². The summed E-state index contributed by atoms with van der Waals surface area (Å²) >= 11 is 0. The Morgan fingerprint density at radius 3 is 2.50 bits per heavy atom. The molecule has 0 bridgehead atoms. The molecule has 0 saturated heterocycles. The zero-order valence-corrected chi connectivity index (χ0v) is 12.6. The molecule has 3 nitrogen and oxygen atoms in total. The fourth-order valence-corrected chi connectivity index (χ4v) is 2.51. The third-order valence-corrected chi connectivity index (χ3v) is 4.14. The Balaban J connectivity index is 0.00000289. The van der Waals surface area contributed by atoms with Crippen LogP contribution in [0.15, 0.2) is 0 Å². The topological polar surface area (TPSA) is 55.1 Å². The highest BCUT2D eigenvalue weighted by molar-refractivity contribution is 5.85. The van der Waals surface area contributed by atoms with Gasteiger partial charge < -0.3 is 11.1 Å². The minimum atomic E-state index is -0.341. The van der Waals surface area contributed by atoms with Gasteiger partial charge in [0.2, 0.25) is 5.91 Å². The first-order chi connectivity index (χ1) is 8.15. The smallest absolute Gasteiger partial charge is 0.237 e. The molecule has 1 fully saturated rings. The van der Waals surface area contributed by atoms with Crippen LogP contribution < -0.4 is 11.1 Å². The van der Waals surface area contributed by atoms with Crippen LogP contribution in [0.2, 0.25) is 0 Å². The molecular formula is C14H29ClN2O. The van der Waals surface area contributed by atoms with Crippen LogP contribution >= 0.6 is 12.4 Å². The van der Waals surface area contributed by atoms with Crippen molar-refractivity contribution in [3.05, 3.63) is 0 Å². The molecule has 3 N–H and O–H groups in total. The molecule has 1 saturated carbocycles. The SMILES string of the molecule is CCC(C)C(N)C(=O)NCCC1CCCCC1.Cl. The van der Waals surface area contributed by atoms with Crippen LogP contribution in [0.25, 0.3) is 0 Å². The lowest BCUT2D eigenvalue weighted by molar-refractivity contribution is -0.123. The lowest BCUT2D eigenvalue weighted by atomic mass is 9.87. The van der Waals surface area contributed by atoms with E-state index in [0.29, 0.717) is 0 Å². The number of carbonyl (C=O) groups is 1. The molecule has 1 rings (SSSR count). The van der Waals surface area contributed by atoms with Crippen molar-refractivity contribution in [2.75, 3.05) is 6.54 Å². The van der Waals surface area contributed by atoms with Crippen molar-refractivity contribution in [3.8, 4) is 0 Å². The Morgan fingerprint density at radius 2 is 1.94 bits per heavy atom. The van der Waals surface area contributed by atoms with Gasteiger partial charge in [-0.25, -0.2) is 0 Å². The van der Waals surface area contributed by atoms with Gasteiger partial charge in [0.25, 0.3) is 0 Å². The first-order valence-electron chi connectivity index (χ1n) is 7.18. The van der Waals surface area contributed by atoms with E-state index in [-0.39, 0.29) is 30.3 Å². The van der Waals surface area contributed by atoms with E-state index in [1.54, 1.807) is 0 Å². The van der Waals surface area contributed by atoms with Crippen LogP contribution in [0, 0.1) is 11.8 Å². The molecular weight excluding hydrogens is 248 g/mol. The van der Waals surface area contributed by atoms with Gasteiger partial charge in [-0.05, 0) is 18.3 Å². The largest absolute Gasteiger partial charge is 0.355 e. The Bertz CT molecular complexity index is 230. The van der Waals surface area contributed by atoms with E-state index >= 15 is 0 Å². The molecule has 2 unspecified atom stereocenters. The van der Waals surface area contributed by atoms with Crippen LogP contribution in [0.3, 0.4) is 0 Å². The van der Waals surface area contributed by atoms with Crippen molar-refractivity contribution in [1.82, 2.24) is 5.32 Å². The molecule has 0 radical (unpaired) electrons. The second kappa shape index (κ2) is 9.62. The molecule has 18 heavy (non-hydrogen) atoms. The predicted molar refractivity (Wildman–Crippen MR) is 78.9 cm³/mol. The van der Waals surface area contributed by atoms with Crippen molar-refractivity contribution >= 4 is 18.3 Å². The number of rotatable bonds is 6. The minimum absolute atomic E-state index is 0. The summed E-state index contributed by atoms with van der Waals surface area (Å²) in [5.74, 6) is 1.11. The lowest BCUT2D eigenvalue weighted by Gasteiger charge is -2.22. The standard InChI is InChI=1S/C14H28N2O.ClH/c1-3-11(2)13(15)14(17)16-10-9-12-7-5-4-6-8-12;/h11-13H,3-10,15H2,1-2H3,(H,16,17);1H. The Labute approximate surface area is 118 Å². The van der Waals surface area contributed by atoms with E-state index in [4.69, 9.17) is 5.73 Å². The summed E-state index contributed by atoms with van der Waals surface area (Å²) < 4.78 is 0. The summed E-state index contributed by atoms with van der Waals surface area (Å²) in [4.78, 5) is 11.7. The maximum absolute atomic E-state index is 11.7. The number of hydrogen-bond acceptors (Lipinski definition) is 2. The van der Waals surface area contributed by atoms with Gasteiger partial charge in [-0.15, -0.1) is 12.4 Å². The molecule has 0 aromatic carbocycles. The van der Waals surface area contributed by atoms with Crippen molar-refractivity contribution in [1.29, 1.82) is 0 Å². The molecule has 4 heteroatoms. The summed E-state index contributed by atoms with van der Waals surface area (Å²) in [6, 6.07) is -0.341. The van der Waals surface area contributed by atoms with E-state index in [1.165, 1.54) is 32.1 Å². The van der Waals surface area contributed by atoms with Crippen molar-refractivity contribution < 1.29 is 4.79 Å². The zero-order chi connectivity index (χ0) is 12.7. The minimum Gasteiger partial charge on any atom is -0.355 e. The molecule has 0 aliphatic heterocycles. The third-order valence-electron chi connectivity index (χ3n) is 4.14. The van der Waals surface area contributed by atoms with Crippen molar-refractivity contribution in [3.63, 3.8) is 0 Å². The van der Waals surface area contributed by atoms with Gasteiger partial charge in [0.05, 0.1) is 6.04 Å². The summed E-state index contributed by atoms with van der Waals surface area (Å²) in [6.45, 7) is 4.90. The summed E-state index contributed by atoms with van der Waals surface area (Å²) in [7, 11) is 0. The van der Waals surface area contributed by atoms with Crippen molar-refractivity contribution in [2.24, 2.45) is 17.6 Å². The second-order valence-electron chi connectivity index (χ2n) is 5.50. The fourth-order valence-electron chi connectivity index (χ4n) is 2.51. The fraction of sp³-hybridized carbons (Fsp3) is 0.929. The van der Waals surface area contributed by atoms with E-state index in [2.05, 4.69) is 12.2 Å². The van der Waals surface area contributed by atoms with Crippen LogP contribution in [-0.4, -0.2) is 18.5 Å². The lowest BCUT2D eigenvalue weighted by Crippen LogP contribution is -2.45. The molecule has 1 aliphatic carbocycles. The van der Waals surface area contributed by atoms with E-state index in [1.807, 2.05) is 6.92 Å². The Morgan fingerprint density at radius 1 is 1.33 bits per heavy atom. The highest BCUT2D eigenvalue weighted by Gasteiger charge is 2.19. The molecule has 0 spiro atoms. The normalized spacial score (nSPS) is 19.7. The van der Waals surface area contributed by atoms with Gasteiger partial charge in [-0.2, -0.15) is 0 Å². The maximum Gasteiger partial charge on any atom is 0.237 e. The number of amides is 1. The van der Waals surface area contributed by atoms with Gasteiger partial charge in [0, 0.05) is 6.54 Å². The highest BCUT2D eigenvalue weighted by atomic mass is 35.5. The molecule has 1 aliphatic rings. The van der Waals surface area contributed by atoms with Gasteiger partial charge in [-0.3, -0.25) is 4.79 Å². The molecule has 2 atom stereocenters. The number of nitrogens with one attached hydrogen (secondary N) is 1. The predicted octanol–water partition coefficient (Wildman–Crippen LogP) is 2.87. The molecule has 0 aromatic rings.